The molecule has 5 nitrogen and oxygen atoms in total. The van der Waals surface area contributed by atoms with Gasteiger partial charge in [-0.1, -0.05) is 23.7 Å². The Balaban J connectivity index is 2.12. The van der Waals surface area contributed by atoms with Gasteiger partial charge in [-0.05, 0) is 35.5 Å². The fraction of sp³-hybridized carbons (Fsp3) is 0.286. The third-order valence-electron chi connectivity index (χ3n) is 2.79. The number of thioether (sulfide) groups is 1. The molecule has 112 valence electrons. The van der Waals surface area contributed by atoms with Crippen molar-refractivity contribution in [3.63, 3.8) is 0 Å². The quantitative estimate of drug-likeness (QED) is 0.804. The molecule has 0 aliphatic carbocycles. The molecule has 0 atom stereocenters. The summed E-state index contributed by atoms with van der Waals surface area (Å²) in [7, 11) is 0. The van der Waals surface area contributed by atoms with Gasteiger partial charge >= 0.3 is 0 Å². The molecule has 1 aromatic carbocycles. The second kappa shape index (κ2) is 7.61. The minimum absolute atomic E-state index is 0.0655. The maximum absolute atomic E-state index is 11.9. The van der Waals surface area contributed by atoms with Gasteiger partial charge in [0.2, 0.25) is 0 Å². The van der Waals surface area contributed by atoms with Gasteiger partial charge in [-0.15, -0.1) is 0 Å². The molecule has 1 heterocycles. The van der Waals surface area contributed by atoms with Crippen LogP contribution in [-0.2, 0) is 4.79 Å². The SMILES string of the molecule is O=C1N=C(N(CCO)CCO)SC1=Cc1ccc(Cl)cc1. The monoisotopic (exact) mass is 326 g/mol. The molecule has 2 rings (SSSR count). The maximum Gasteiger partial charge on any atom is 0.286 e. The lowest BCUT2D eigenvalue weighted by Gasteiger charge is -2.20. The first-order valence-electron chi connectivity index (χ1n) is 6.39. The van der Waals surface area contributed by atoms with Crippen molar-refractivity contribution in [2.45, 2.75) is 0 Å². The first-order chi connectivity index (χ1) is 10.1. The van der Waals surface area contributed by atoms with Crippen LogP contribution in [0.2, 0.25) is 5.02 Å². The summed E-state index contributed by atoms with van der Waals surface area (Å²) in [6.45, 7) is 0.524. The number of hydrogen-bond acceptors (Lipinski definition) is 5. The van der Waals surface area contributed by atoms with Crippen LogP contribution in [-0.4, -0.2) is 52.5 Å². The minimum atomic E-state index is -0.314. The van der Waals surface area contributed by atoms with Crippen LogP contribution in [0.25, 0.3) is 6.08 Å². The summed E-state index contributed by atoms with van der Waals surface area (Å²) in [6.07, 6.45) is 1.75. The van der Waals surface area contributed by atoms with Crippen molar-refractivity contribution in [2.75, 3.05) is 26.3 Å². The fourth-order valence-electron chi connectivity index (χ4n) is 1.79. The highest BCUT2D eigenvalue weighted by Gasteiger charge is 2.25. The molecule has 1 amide bonds. The predicted octanol–water partition coefficient (Wildman–Crippen LogP) is 1.60. The molecule has 1 aliphatic heterocycles. The number of halogens is 1. The molecule has 0 saturated carbocycles. The summed E-state index contributed by atoms with van der Waals surface area (Å²) in [5.41, 5.74) is 0.863. The number of carbonyl (C=O) groups is 1. The Bertz CT molecular complexity index is 566. The maximum atomic E-state index is 11.9. The molecule has 0 bridgehead atoms. The molecule has 0 spiro atoms. The molecule has 1 aliphatic rings. The van der Waals surface area contributed by atoms with Crippen LogP contribution in [0.4, 0.5) is 0 Å². The van der Waals surface area contributed by atoms with Gasteiger partial charge in [0.1, 0.15) is 0 Å². The second-order valence-electron chi connectivity index (χ2n) is 4.30. The number of aliphatic hydroxyl groups is 2. The van der Waals surface area contributed by atoms with Gasteiger partial charge in [-0.25, -0.2) is 0 Å². The van der Waals surface area contributed by atoms with Crippen LogP contribution in [0.15, 0.2) is 34.2 Å². The molecule has 0 unspecified atom stereocenters. The van der Waals surface area contributed by atoms with Crippen molar-refractivity contribution in [3.05, 3.63) is 39.8 Å². The summed E-state index contributed by atoms with van der Waals surface area (Å²) in [5.74, 6) is -0.314. The van der Waals surface area contributed by atoms with E-state index in [2.05, 4.69) is 4.99 Å². The van der Waals surface area contributed by atoms with E-state index in [9.17, 15) is 4.79 Å². The summed E-state index contributed by atoms with van der Waals surface area (Å²) < 4.78 is 0. The molecule has 0 radical (unpaired) electrons. The third-order valence-corrected chi connectivity index (χ3v) is 4.08. The van der Waals surface area contributed by atoms with Crippen molar-refractivity contribution < 1.29 is 15.0 Å². The van der Waals surface area contributed by atoms with Gasteiger partial charge in [0.15, 0.2) is 5.17 Å². The number of aliphatic hydroxyl groups excluding tert-OH is 2. The number of benzene rings is 1. The van der Waals surface area contributed by atoms with E-state index in [1.165, 1.54) is 11.8 Å². The predicted molar refractivity (Wildman–Crippen MR) is 85.2 cm³/mol. The van der Waals surface area contributed by atoms with E-state index in [0.29, 0.717) is 28.2 Å². The van der Waals surface area contributed by atoms with Gasteiger partial charge < -0.3 is 15.1 Å². The Morgan fingerprint density at radius 1 is 1.19 bits per heavy atom. The molecule has 7 heteroatoms. The van der Waals surface area contributed by atoms with E-state index >= 15 is 0 Å². The fourth-order valence-corrected chi connectivity index (χ4v) is 2.88. The molecule has 1 aromatic rings. The summed E-state index contributed by atoms with van der Waals surface area (Å²) in [4.78, 5) is 18.1. The first-order valence-corrected chi connectivity index (χ1v) is 7.58. The van der Waals surface area contributed by atoms with Gasteiger partial charge in [0, 0.05) is 18.1 Å². The van der Waals surface area contributed by atoms with Crippen molar-refractivity contribution >= 4 is 40.5 Å². The number of amidine groups is 1. The number of nitrogens with zero attached hydrogens (tertiary/aromatic N) is 2. The van der Waals surface area contributed by atoms with Crippen LogP contribution in [0.1, 0.15) is 5.56 Å². The number of rotatable bonds is 5. The van der Waals surface area contributed by atoms with Crippen LogP contribution in [0, 0.1) is 0 Å². The van der Waals surface area contributed by atoms with Gasteiger partial charge in [-0.2, -0.15) is 4.99 Å². The highest BCUT2D eigenvalue weighted by Crippen LogP contribution is 2.30. The topological polar surface area (TPSA) is 73.1 Å². The molecule has 0 fully saturated rings. The minimum Gasteiger partial charge on any atom is -0.395 e. The first kappa shape index (κ1) is 16.0. The molecular formula is C14H15ClN2O3S. The van der Waals surface area contributed by atoms with E-state index in [0.717, 1.165) is 5.56 Å². The zero-order valence-electron chi connectivity index (χ0n) is 11.2. The van der Waals surface area contributed by atoms with E-state index in [4.69, 9.17) is 21.8 Å². The standard InChI is InChI=1S/C14H15ClN2O3S/c15-11-3-1-10(2-4-11)9-12-13(20)16-14(21-12)17(5-7-18)6-8-19/h1-4,9,18-19H,5-8H2. The molecule has 2 N–H and O–H groups in total. The highest BCUT2D eigenvalue weighted by molar-refractivity contribution is 8.18. The smallest absolute Gasteiger partial charge is 0.286 e. The average molecular weight is 327 g/mol. The Morgan fingerprint density at radius 2 is 1.81 bits per heavy atom. The van der Waals surface area contributed by atoms with Gasteiger partial charge in [0.25, 0.3) is 5.91 Å². The Kier molecular flexibility index (Phi) is 5.81. The summed E-state index contributed by atoms with van der Waals surface area (Å²) in [6, 6.07) is 7.15. The second-order valence-corrected chi connectivity index (χ2v) is 5.74. The molecule has 0 saturated heterocycles. The third kappa shape index (κ3) is 4.31. The van der Waals surface area contributed by atoms with E-state index in [1.807, 2.05) is 12.1 Å². The lowest BCUT2D eigenvalue weighted by Crippen LogP contribution is -2.33. The van der Waals surface area contributed by atoms with Crippen molar-refractivity contribution in [3.8, 4) is 0 Å². The number of amides is 1. The normalized spacial score (nSPS) is 16.4. The van der Waals surface area contributed by atoms with Crippen LogP contribution in [0.5, 0.6) is 0 Å². The Labute approximate surface area is 131 Å². The van der Waals surface area contributed by atoms with Gasteiger partial charge in [-0.3, -0.25) is 4.79 Å². The number of aliphatic imine (C=N–C) groups is 1. The lowest BCUT2D eigenvalue weighted by molar-refractivity contribution is -0.113. The summed E-state index contributed by atoms with van der Waals surface area (Å²) in [5, 5.41) is 19.2. The number of hydrogen-bond donors (Lipinski definition) is 2. The Morgan fingerprint density at radius 3 is 2.38 bits per heavy atom. The molecule has 21 heavy (non-hydrogen) atoms. The van der Waals surface area contributed by atoms with E-state index < -0.39 is 0 Å². The zero-order valence-corrected chi connectivity index (χ0v) is 12.8. The molecule has 0 aromatic heterocycles. The number of carbonyl (C=O) groups excluding carboxylic acids is 1. The van der Waals surface area contributed by atoms with Crippen LogP contribution >= 0.6 is 23.4 Å². The average Bonchev–Trinajstić information content (AvgIpc) is 2.82. The lowest BCUT2D eigenvalue weighted by atomic mass is 10.2. The van der Waals surface area contributed by atoms with E-state index in [1.54, 1.807) is 23.1 Å². The highest BCUT2D eigenvalue weighted by atomic mass is 35.5. The van der Waals surface area contributed by atoms with E-state index in [-0.39, 0.29) is 19.1 Å². The summed E-state index contributed by atoms with van der Waals surface area (Å²) >= 11 is 7.06. The molecular weight excluding hydrogens is 312 g/mol. The van der Waals surface area contributed by atoms with Crippen molar-refractivity contribution in [1.29, 1.82) is 0 Å². The van der Waals surface area contributed by atoms with Gasteiger partial charge in [0.05, 0.1) is 18.1 Å². The zero-order chi connectivity index (χ0) is 15.2. The van der Waals surface area contributed by atoms with Crippen LogP contribution < -0.4 is 0 Å². The van der Waals surface area contributed by atoms with Crippen LogP contribution in [0.3, 0.4) is 0 Å². The Hall–Kier alpha value is -1.34. The van der Waals surface area contributed by atoms with Crippen molar-refractivity contribution in [2.24, 2.45) is 4.99 Å². The largest absolute Gasteiger partial charge is 0.395 e. The van der Waals surface area contributed by atoms with Crippen molar-refractivity contribution in [1.82, 2.24) is 4.90 Å².